The molecule has 0 radical (unpaired) electrons. The maximum atomic E-state index is 14.1. The highest BCUT2D eigenvalue weighted by atomic mass is 35.5. The van der Waals surface area contributed by atoms with Gasteiger partial charge in [-0.3, -0.25) is 4.90 Å². The summed E-state index contributed by atoms with van der Waals surface area (Å²) in [5, 5.41) is 3.84. The topological polar surface area (TPSA) is 15.3 Å². The quantitative estimate of drug-likeness (QED) is 0.891. The van der Waals surface area contributed by atoms with E-state index in [4.69, 9.17) is 11.6 Å². The number of nitrogens with one attached hydrogen (secondary N) is 1. The molecule has 1 aromatic carbocycles. The summed E-state index contributed by atoms with van der Waals surface area (Å²) in [5.41, 5.74) is 0.749. The summed E-state index contributed by atoms with van der Waals surface area (Å²) in [7, 11) is 1.95. The first kappa shape index (κ1) is 14.8. The van der Waals surface area contributed by atoms with E-state index in [0.29, 0.717) is 10.9 Å². The normalized spacial score (nSPS) is 24.0. The largest absolute Gasteiger partial charge is 0.319 e. The second-order valence-electron chi connectivity index (χ2n) is 5.25. The lowest BCUT2D eigenvalue weighted by atomic mass is 9.93. The first-order chi connectivity index (χ1) is 9.17. The average Bonchev–Trinajstić information content (AvgIpc) is 2.76. The van der Waals surface area contributed by atoms with Crippen LogP contribution in [0.3, 0.4) is 0 Å². The SMILES string of the molecule is CCCN1CCC(CNC)C1c1cc(Cl)ccc1F. The minimum Gasteiger partial charge on any atom is -0.319 e. The van der Waals surface area contributed by atoms with E-state index in [1.807, 2.05) is 7.05 Å². The van der Waals surface area contributed by atoms with Crippen LogP contribution in [-0.4, -0.2) is 31.6 Å². The summed E-state index contributed by atoms with van der Waals surface area (Å²) in [5.74, 6) is 0.308. The molecule has 1 aromatic rings. The van der Waals surface area contributed by atoms with Crippen LogP contribution < -0.4 is 5.32 Å². The van der Waals surface area contributed by atoms with E-state index in [-0.39, 0.29) is 11.9 Å². The highest BCUT2D eigenvalue weighted by molar-refractivity contribution is 6.30. The van der Waals surface area contributed by atoms with Crippen molar-refractivity contribution in [2.45, 2.75) is 25.8 Å². The average molecular weight is 285 g/mol. The van der Waals surface area contributed by atoms with E-state index < -0.39 is 0 Å². The Balaban J connectivity index is 2.31. The summed E-state index contributed by atoms with van der Waals surface area (Å²) in [6.07, 6.45) is 2.20. The van der Waals surface area contributed by atoms with Crippen molar-refractivity contribution in [1.82, 2.24) is 10.2 Å². The van der Waals surface area contributed by atoms with Crippen LogP contribution in [0.25, 0.3) is 0 Å². The molecule has 0 aromatic heterocycles. The second kappa shape index (κ2) is 6.69. The minimum absolute atomic E-state index is 0.140. The van der Waals surface area contributed by atoms with Crippen molar-refractivity contribution in [2.24, 2.45) is 5.92 Å². The molecule has 106 valence electrons. The molecule has 0 saturated carbocycles. The van der Waals surface area contributed by atoms with E-state index in [0.717, 1.165) is 38.0 Å². The van der Waals surface area contributed by atoms with Crippen LogP contribution in [0.5, 0.6) is 0 Å². The molecule has 19 heavy (non-hydrogen) atoms. The van der Waals surface area contributed by atoms with Gasteiger partial charge in [-0.05, 0) is 63.6 Å². The van der Waals surface area contributed by atoms with Crippen molar-refractivity contribution in [2.75, 3.05) is 26.7 Å². The molecule has 2 unspecified atom stereocenters. The molecule has 1 fully saturated rings. The Morgan fingerprint density at radius 2 is 2.26 bits per heavy atom. The molecular weight excluding hydrogens is 263 g/mol. The van der Waals surface area contributed by atoms with Crippen LogP contribution in [0.4, 0.5) is 4.39 Å². The van der Waals surface area contributed by atoms with Gasteiger partial charge in [0.1, 0.15) is 5.82 Å². The molecule has 1 N–H and O–H groups in total. The standard InChI is InChI=1S/C15H22ClFN2/c1-3-7-19-8-6-11(10-18-2)15(19)13-9-12(16)4-5-14(13)17/h4-5,9,11,15,18H,3,6-8,10H2,1-2H3. The summed E-state index contributed by atoms with van der Waals surface area (Å²) in [6, 6.07) is 5.03. The van der Waals surface area contributed by atoms with Crippen molar-refractivity contribution in [3.05, 3.63) is 34.6 Å². The number of nitrogens with zero attached hydrogens (tertiary/aromatic N) is 1. The molecule has 2 nitrogen and oxygen atoms in total. The molecule has 2 rings (SSSR count). The lowest BCUT2D eigenvalue weighted by molar-refractivity contribution is 0.222. The summed E-state index contributed by atoms with van der Waals surface area (Å²) >= 11 is 6.04. The molecule has 1 aliphatic heterocycles. The highest BCUT2D eigenvalue weighted by Gasteiger charge is 2.35. The third kappa shape index (κ3) is 3.28. The Hall–Kier alpha value is -0.640. The van der Waals surface area contributed by atoms with Crippen LogP contribution in [0.2, 0.25) is 5.02 Å². The summed E-state index contributed by atoms with van der Waals surface area (Å²) in [4.78, 5) is 2.39. The van der Waals surface area contributed by atoms with Gasteiger partial charge in [0, 0.05) is 16.6 Å². The van der Waals surface area contributed by atoms with Crippen molar-refractivity contribution in [3.63, 3.8) is 0 Å². The predicted octanol–water partition coefficient (Wildman–Crippen LogP) is 3.47. The van der Waals surface area contributed by atoms with Crippen LogP contribution >= 0.6 is 11.6 Å². The second-order valence-corrected chi connectivity index (χ2v) is 5.69. The van der Waals surface area contributed by atoms with Crippen LogP contribution in [0.15, 0.2) is 18.2 Å². The number of rotatable bonds is 5. The van der Waals surface area contributed by atoms with Crippen molar-refractivity contribution < 1.29 is 4.39 Å². The molecule has 0 bridgehead atoms. The smallest absolute Gasteiger partial charge is 0.128 e. The van der Waals surface area contributed by atoms with E-state index in [2.05, 4.69) is 17.1 Å². The minimum atomic E-state index is -0.140. The highest BCUT2D eigenvalue weighted by Crippen LogP contribution is 2.38. The number of hydrogen-bond acceptors (Lipinski definition) is 2. The molecule has 1 aliphatic rings. The molecule has 0 spiro atoms. The van der Waals surface area contributed by atoms with Crippen molar-refractivity contribution in [1.29, 1.82) is 0 Å². The number of halogens is 2. The predicted molar refractivity (Wildman–Crippen MR) is 78.0 cm³/mol. The Morgan fingerprint density at radius 3 is 2.95 bits per heavy atom. The number of likely N-dealkylation sites (tertiary alicyclic amines) is 1. The molecule has 0 aliphatic carbocycles. The maximum absolute atomic E-state index is 14.1. The molecular formula is C15H22ClFN2. The van der Waals surface area contributed by atoms with Crippen LogP contribution in [0.1, 0.15) is 31.4 Å². The Labute approximate surface area is 119 Å². The monoisotopic (exact) mass is 284 g/mol. The van der Waals surface area contributed by atoms with Gasteiger partial charge in [0.25, 0.3) is 0 Å². The number of benzene rings is 1. The van der Waals surface area contributed by atoms with Gasteiger partial charge in [0.2, 0.25) is 0 Å². The fraction of sp³-hybridized carbons (Fsp3) is 0.600. The van der Waals surface area contributed by atoms with Gasteiger partial charge in [0.05, 0.1) is 0 Å². The first-order valence-electron chi connectivity index (χ1n) is 7.01. The first-order valence-corrected chi connectivity index (χ1v) is 7.38. The van der Waals surface area contributed by atoms with Gasteiger partial charge in [-0.25, -0.2) is 4.39 Å². The van der Waals surface area contributed by atoms with E-state index >= 15 is 0 Å². The zero-order valence-electron chi connectivity index (χ0n) is 11.6. The zero-order valence-corrected chi connectivity index (χ0v) is 12.4. The molecule has 1 saturated heterocycles. The van der Waals surface area contributed by atoms with Gasteiger partial charge in [0.15, 0.2) is 0 Å². The fourth-order valence-electron chi connectivity index (χ4n) is 3.13. The van der Waals surface area contributed by atoms with Gasteiger partial charge in [-0.15, -0.1) is 0 Å². The number of hydrogen-bond donors (Lipinski definition) is 1. The Bertz CT molecular complexity index is 411. The molecule has 0 amide bonds. The van der Waals surface area contributed by atoms with Crippen LogP contribution in [0, 0.1) is 11.7 Å². The third-order valence-corrected chi connectivity index (χ3v) is 4.12. The van der Waals surface area contributed by atoms with E-state index in [1.165, 1.54) is 6.07 Å². The van der Waals surface area contributed by atoms with Gasteiger partial charge >= 0.3 is 0 Å². The fourth-order valence-corrected chi connectivity index (χ4v) is 3.31. The van der Waals surface area contributed by atoms with E-state index in [1.54, 1.807) is 12.1 Å². The Kier molecular flexibility index (Phi) is 5.20. The third-order valence-electron chi connectivity index (χ3n) is 3.88. The Morgan fingerprint density at radius 1 is 1.47 bits per heavy atom. The van der Waals surface area contributed by atoms with Crippen molar-refractivity contribution >= 4 is 11.6 Å². The van der Waals surface area contributed by atoms with Crippen molar-refractivity contribution in [3.8, 4) is 0 Å². The van der Waals surface area contributed by atoms with Gasteiger partial charge < -0.3 is 5.32 Å². The lowest BCUT2D eigenvalue weighted by Crippen LogP contribution is -2.30. The molecule has 4 heteroatoms. The molecule has 2 atom stereocenters. The lowest BCUT2D eigenvalue weighted by Gasteiger charge is -2.29. The molecule has 1 heterocycles. The summed E-state index contributed by atoms with van der Waals surface area (Å²) < 4.78 is 14.1. The zero-order chi connectivity index (χ0) is 13.8. The summed E-state index contributed by atoms with van der Waals surface area (Å²) in [6.45, 7) is 5.13. The van der Waals surface area contributed by atoms with Gasteiger partial charge in [-0.2, -0.15) is 0 Å². The van der Waals surface area contributed by atoms with Crippen LogP contribution in [-0.2, 0) is 0 Å². The maximum Gasteiger partial charge on any atom is 0.128 e. The van der Waals surface area contributed by atoms with Gasteiger partial charge in [-0.1, -0.05) is 18.5 Å². The van der Waals surface area contributed by atoms with E-state index in [9.17, 15) is 4.39 Å².